The number of hydrogen-bond donors (Lipinski definition) is 2. The number of aryl methyl sites for hydroxylation is 1. The molecule has 1 saturated heterocycles. The zero-order chi connectivity index (χ0) is 17.7. The lowest BCUT2D eigenvalue weighted by Crippen LogP contribution is -2.51. The smallest absolute Gasteiger partial charge is 0.268 e. The average Bonchev–Trinajstić information content (AvgIpc) is 2.99. The highest BCUT2D eigenvalue weighted by molar-refractivity contribution is 5.96. The molecular weight excluding hydrogens is 306 g/mol. The second-order valence-electron chi connectivity index (χ2n) is 7.11. The molecule has 0 saturated carbocycles. The van der Waals surface area contributed by atoms with Crippen molar-refractivity contribution in [3.63, 3.8) is 0 Å². The molecular formula is C18H29N3O3. The van der Waals surface area contributed by atoms with Gasteiger partial charge in [0.1, 0.15) is 11.7 Å². The number of aliphatic hydroxyl groups is 1. The molecule has 6 heteroatoms. The lowest BCUT2D eigenvalue weighted by molar-refractivity contribution is -0.135. The number of aliphatic hydroxyl groups excluding tert-OH is 1. The van der Waals surface area contributed by atoms with E-state index in [2.05, 4.69) is 5.32 Å². The van der Waals surface area contributed by atoms with Crippen molar-refractivity contribution in [3.05, 3.63) is 24.0 Å². The zero-order valence-electron chi connectivity index (χ0n) is 14.9. The molecule has 1 aliphatic heterocycles. The quantitative estimate of drug-likeness (QED) is 0.825. The van der Waals surface area contributed by atoms with Crippen LogP contribution < -0.4 is 5.32 Å². The summed E-state index contributed by atoms with van der Waals surface area (Å²) in [7, 11) is 1.81. The van der Waals surface area contributed by atoms with Gasteiger partial charge in [0, 0.05) is 32.9 Å². The maximum Gasteiger partial charge on any atom is 0.268 e. The van der Waals surface area contributed by atoms with E-state index in [0.29, 0.717) is 31.1 Å². The Morgan fingerprint density at radius 3 is 2.50 bits per heavy atom. The minimum Gasteiger partial charge on any atom is -0.396 e. The maximum absolute atomic E-state index is 12.9. The molecule has 1 aliphatic rings. The predicted molar refractivity (Wildman–Crippen MR) is 92.5 cm³/mol. The molecule has 1 aromatic heterocycles. The number of piperidine rings is 1. The summed E-state index contributed by atoms with van der Waals surface area (Å²) in [6, 6.07) is 3.06. The highest BCUT2D eigenvalue weighted by atomic mass is 16.3. The van der Waals surface area contributed by atoms with Crippen molar-refractivity contribution in [1.82, 2.24) is 14.8 Å². The predicted octanol–water partition coefficient (Wildman–Crippen LogP) is 1.40. The third-order valence-electron chi connectivity index (χ3n) is 4.67. The van der Waals surface area contributed by atoms with Gasteiger partial charge in [0.15, 0.2) is 0 Å². The number of amides is 2. The fourth-order valence-electron chi connectivity index (χ4n) is 3.18. The zero-order valence-corrected chi connectivity index (χ0v) is 14.9. The van der Waals surface area contributed by atoms with Gasteiger partial charge >= 0.3 is 0 Å². The van der Waals surface area contributed by atoms with Crippen LogP contribution in [0, 0.1) is 11.8 Å². The molecule has 2 amide bonds. The SMILES string of the molecule is CC(C)CC(NC(=O)c1cccn1C)C(=O)N1CCC(CO)CC1. The highest BCUT2D eigenvalue weighted by Gasteiger charge is 2.30. The van der Waals surface area contributed by atoms with Crippen molar-refractivity contribution in [1.29, 1.82) is 0 Å². The fourth-order valence-corrected chi connectivity index (χ4v) is 3.18. The Labute approximate surface area is 143 Å². The third-order valence-corrected chi connectivity index (χ3v) is 4.67. The van der Waals surface area contributed by atoms with Crippen LogP contribution in [0.1, 0.15) is 43.6 Å². The molecule has 0 spiro atoms. The van der Waals surface area contributed by atoms with Crippen LogP contribution in [0.15, 0.2) is 18.3 Å². The van der Waals surface area contributed by atoms with Gasteiger partial charge in [-0.15, -0.1) is 0 Å². The average molecular weight is 335 g/mol. The van der Waals surface area contributed by atoms with Gasteiger partial charge in [-0.05, 0) is 43.2 Å². The molecule has 0 aliphatic carbocycles. The molecule has 2 rings (SSSR count). The topological polar surface area (TPSA) is 74.6 Å². The van der Waals surface area contributed by atoms with E-state index in [4.69, 9.17) is 0 Å². The van der Waals surface area contributed by atoms with Crippen molar-refractivity contribution in [2.45, 2.75) is 39.2 Å². The van der Waals surface area contributed by atoms with Crippen LogP contribution in [0.4, 0.5) is 0 Å². The Bertz CT molecular complexity index is 560. The van der Waals surface area contributed by atoms with Crippen molar-refractivity contribution >= 4 is 11.8 Å². The first kappa shape index (κ1) is 18.5. The molecule has 2 N–H and O–H groups in total. The van der Waals surface area contributed by atoms with E-state index in [9.17, 15) is 14.7 Å². The molecule has 1 atom stereocenters. The molecule has 1 unspecified atom stereocenters. The first-order chi connectivity index (χ1) is 11.4. The monoisotopic (exact) mass is 335 g/mol. The summed E-state index contributed by atoms with van der Waals surface area (Å²) < 4.78 is 1.75. The maximum atomic E-state index is 12.9. The lowest BCUT2D eigenvalue weighted by Gasteiger charge is -2.34. The summed E-state index contributed by atoms with van der Waals surface area (Å²) in [6.45, 7) is 5.58. The van der Waals surface area contributed by atoms with Gasteiger partial charge in [0.25, 0.3) is 5.91 Å². The van der Waals surface area contributed by atoms with E-state index in [1.54, 1.807) is 10.6 Å². The van der Waals surface area contributed by atoms with Crippen molar-refractivity contribution in [2.75, 3.05) is 19.7 Å². The van der Waals surface area contributed by atoms with Crippen LogP contribution in [0.5, 0.6) is 0 Å². The number of aromatic nitrogens is 1. The Morgan fingerprint density at radius 1 is 1.33 bits per heavy atom. The third kappa shape index (κ3) is 4.60. The largest absolute Gasteiger partial charge is 0.396 e. The molecule has 2 heterocycles. The molecule has 1 fully saturated rings. The summed E-state index contributed by atoms with van der Waals surface area (Å²) in [4.78, 5) is 27.2. The van der Waals surface area contributed by atoms with Crippen molar-refractivity contribution in [2.24, 2.45) is 18.9 Å². The van der Waals surface area contributed by atoms with Crippen LogP contribution >= 0.6 is 0 Å². The van der Waals surface area contributed by atoms with E-state index in [0.717, 1.165) is 12.8 Å². The molecule has 0 radical (unpaired) electrons. The van der Waals surface area contributed by atoms with Crippen LogP contribution in [0.3, 0.4) is 0 Å². The van der Waals surface area contributed by atoms with Gasteiger partial charge < -0.3 is 19.9 Å². The summed E-state index contributed by atoms with van der Waals surface area (Å²) in [6.07, 6.45) is 4.08. The number of likely N-dealkylation sites (tertiary alicyclic amines) is 1. The Kier molecular flexibility index (Phi) is 6.43. The number of carbonyl (C=O) groups is 2. The first-order valence-corrected chi connectivity index (χ1v) is 8.74. The Balaban J connectivity index is 2.03. The van der Waals surface area contributed by atoms with Crippen LogP contribution in [0.25, 0.3) is 0 Å². The van der Waals surface area contributed by atoms with Gasteiger partial charge in [-0.25, -0.2) is 0 Å². The number of rotatable bonds is 6. The molecule has 1 aromatic rings. The number of carbonyl (C=O) groups excluding carboxylic acids is 2. The van der Waals surface area contributed by atoms with E-state index in [1.807, 2.05) is 38.1 Å². The molecule has 0 bridgehead atoms. The molecule has 24 heavy (non-hydrogen) atoms. The van der Waals surface area contributed by atoms with Crippen LogP contribution in [-0.4, -0.2) is 52.1 Å². The van der Waals surface area contributed by atoms with Crippen molar-refractivity contribution in [3.8, 4) is 0 Å². The number of hydrogen-bond acceptors (Lipinski definition) is 3. The summed E-state index contributed by atoms with van der Waals surface area (Å²) in [5.74, 6) is 0.368. The summed E-state index contributed by atoms with van der Waals surface area (Å²) >= 11 is 0. The summed E-state index contributed by atoms with van der Waals surface area (Å²) in [5, 5.41) is 12.1. The normalized spacial score (nSPS) is 17.1. The first-order valence-electron chi connectivity index (χ1n) is 8.74. The molecule has 134 valence electrons. The van der Waals surface area contributed by atoms with Gasteiger partial charge in [0.05, 0.1) is 0 Å². The Morgan fingerprint density at radius 2 is 2.00 bits per heavy atom. The number of nitrogens with zero attached hydrogens (tertiary/aromatic N) is 2. The van der Waals surface area contributed by atoms with Gasteiger partial charge in [-0.1, -0.05) is 13.8 Å². The van der Waals surface area contributed by atoms with E-state index < -0.39 is 6.04 Å². The minimum atomic E-state index is -0.502. The second kappa shape index (κ2) is 8.33. The highest BCUT2D eigenvalue weighted by Crippen LogP contribution is 2.18. The van der Waals surface area contributed by atoms with Crippen LogP contribution in [-0.2, 0) is 11.8 Å². The van der Waals surface area contributed by atoms with E-state index >= 15 is 0 Å². The molecule has 6 nitrogen and oxygen atoms in total. The Hall–Kier alpha value is -1.82. The second-order valence-corrected chi connectivity index (χ2v) is 7.11. The van der Waals surface area contributed by atoms with Gasteiger partial charge in [-0.3, -0.25) is 9.59 Å². The lowest BCUT2D eigenvalue weighted by atomic mass is 9.96. The van der Waals surface area contributed by atoms with E-state index in [1.165, 1.54) is 0 Å². The molecule has 0 aromatic carbocycles. The minimum absolute atomic E-state index is 0.0114. The van der Waals surface area contributed by atoms with Crippen molar-refractivity contribution < 1.29 is 14.7 Å². The summed E-state index contributed by atoms with van der Waals surface area (Å²) in [5.41, 5.74) is 0.551. The number of nitrogens with one attached hydrogen (secondary N) is 1. The fraction of sp³-hybridized carbons (Fsp3) is 0.667. The van der Waals surface area contributed by atoms with E-state index in [-0.39, 0.29) is 24.3 Å². The van der Waals surface area contributed by atoms with Gasteiger partial charge in [-0.2, -0.15) is 0 Å². The van der Waals surface area contributed by atoms with Crippen LogP contribution in [0.2, 0.25) is 0 Å². The van der Waals surface area contributed by atoms with Gasteiger partial charge in [0.2, 0.25) is 5.91 Å². The standard InChI is InChI=1S/C18H29N3O3/c1-13(2)11-15(19-17(23)16-5-4-8-20(16)3)18(24)21-9-6-14(12-22)7-10-21/h4-5,8,13-15,22H,6-7,9-12H2,1-3H3,(H,19,23).